The summed E-state index contributed by atoms with van der Waals surface area (Å²) in [6, 6.07) is 0. The number of hydrogen-bond donors (Lipinski definition) is 1. The highest BCUT2D eigenvalue weighted by Gasteiger charge is 1.88. The number of hydrogen-bond acceptors (Lipinski definition) is 4. The van der Waals surface area contributed by atoms with Crippen LogP contribution in [-0.2, 0) is 16.7 Å². The van der Waals surface area contributed by atoms with Gasteiger partial charge in [0.25, 0.3) is 0 Å². The van der Waals surface area contributed by atoms with E-state index in [-0.39, 0.29) is 0 Å². The van der Waals surface area contributed by atoms with Crippen molar-refractivity contribution in [3.05, 3.63) is 12.7 Å². The van der Waals surface area contributed by atoms with Crippen LogP contribution < -0.4 is 4.68 Å². The summed E-state index contributed by atoms with van der Waals surface area (Å²) >= 11 is 0. The number of aromatic nitrogens is 3. The number of rotatable bonds is 1. The Kier molecular flexibility index (Phi) is 4.45. The molecule has 1 heterocycles. The molecule has 0 amide bonds. The van der Waals surface area contributed by atoms with Gasteiger partial charge < -0.3 is 4.55 Å². The van der Waals surface area contributed by atoms with Crippen molar-refractivity contribution in [1.29, 1.82) is 0 Å². The normalized spacial score (nSPS) is 10.2. The molecule has 0 bridgehead atoms. The molecular weight excluding hydrogens is 182 g/mol. The van der Waals surface area contributed by atoms with Crippen molar-refractivity contribution < 1.29 is 17.7 Å². The number of aromatic amines is 1. The fourth-order valence-corrected chi connectivity index (χ4v) is 0.428. The topological polar surface area (TPSA) is 89.8 Å². The molecule has 0 saturated carbocycles. The lowest BCUT2D eigenvalue weighted by Gasteiger charge is -1.90. The molecule has 0 spiro atoms. The van der Waals surface area contributed by atoms with Crippen molar-refractivity contribution in [3.63, 3.8) is 0 Å². The lowest BCUT2D eigenvalue weighted by Crippen LogP contribution is -2.32. The molecule has 1 N–H and O–H groups in total. The summed E-state index contributed by atoms with van der Waals surface area (Å²) in [7, 11) is -3.92. The van der Waals surface area contributed by atoms with Gasteiger partial charge in [0, 0.05) is 6.26 Å². The van der Waals surface area contributed by atoms with Gasteiger partial charge in [0.15, 0.2) is 0 Å². The molecule has 7 heteroatoms. The van der Waals surface area contributed by atoms with E-state index in [4.69, 9.17) is 13.0 Å². The lowest BCUT2D eigenvalue weighted by atomic mass is 10.8. The molecule has 1 aromatic rings. The minimum atomic E-state index is -3.92. The van der Waals surface area contributed by atoms with Crippen LogP contribution in [0.25, 0.3) is 0 Å². The van der Waals surface area contributed by atoms with Crippen molar-refractivity contribution >= 4 is 10.1 Å². The largest absolute Gasteiger partial charge is 0.748 e. The smallest absolute Gasteiger partial charge is 0.306 e. The van der Waals surface area contributed by atoms with Crippen LogP contribution in [0.4, 0.5) is 0 Å². The molecule has 6 nitrogen and oxygen atoms in total. The second kappa shape index (κ2) is 4.83. The van der Waals surface area contributed by atoms with E-state index < -0.39 is 10.1 Å². The third kappa shape index (κ3) is 9.05. The highest BCUT2D eigenvalue weighted by atomic mass is 32.2. The molecule has 0 aliphatic heterocycles. The first-order valence-electron chi connectivity index (χ1n) is 3.22. The van der Waals surface area contributed by atoms with E-state index in [0.717, 1.165) is 6.54 Å². The average Bonchev–Trinajstić information content (AvgIpc) is 2.33. The number of aryl methyl sites for hydroxylation is 1. The minimum Gasteiger partial charge on any atom is -0.748 e. The van der Waals surface area contributed by atoms with Crippen molar-refractivity contribution in [2.45, 2.75) is 13.5 Å². The Balaban J connectivity index is 0.000000217. The Morgan fingerprint density at radius 3 is 2.33 bits per heavy atom. The molecule has 0 unspecified atom stereocenters. The second-order valence-corrected chi connectivity index (χ2v) is 3.42. The number of nitrogens with zero attached hydrogens (tertiary/aromatic N) is 2. The van der Waals surface area contributed by atoms with E-state index in [1.807, 2.05) is 4.68 Å². The van der Waals surface area contributed by atoms with Gasteiger partial charge in [-0.25, -0.2) is 8.42 Å². The summed E-state index contributed by atoms with van der Waals surface area (Å²) in [5.41, 5.74) is 0. The van der Waals surface area contributed by atoms with E-state index in [1.54, 1.807) is 12.7 Å². The third-order valence-corrected chi connectivity index (χ3v) is 0.845. The predicted octanol–water partition coefficient (Wildman–Crippen LogP) is -1.12. The van der Waals surface area contributed by atoms with Crippen molar-refractivity contribution in [2.24, 2.45) is 0 Å². The Morgan fingerprint density at radius 1 is 1.67 bits per heavy atom. The van der Waals surface area contributed by atoms with Crippen LogP contribution in [0.2, 0.25) is 0 Å². The molecule has 70 valence electrons. The Bertz CT molecular complexity index is 284. The summed E-state index contributed by atoms with van der Waals surface area (Å²) in [5.74, 6) is 0. The van der Waals surface area contributed by atoms with E-state index in [2.05, 4.69) is 17.0 Å². The zero-order valence-electron chi connectivity index (χ0n) is 6.89. The summed E-state index contributed by atoms with van der Waals surface area (Å²) in [5, 5.41) is 2.89. The van der Waals surface area contributed by atoms with Crippen LogP contribution >= 0.6 is 0 Å². The van der Waals surface area contributed by atoms with Gasteiger partial charge in [0.1, 0.15) is 6.54 Å². The molecular formula is C5H11N3O3S. The van der Waals surface area contributed by atoms with Crippen molar-refractivity contribution in [2.75, 3.05) is 6.26 Å². The van der Waals surface area contributed by atoms with Gasteiger partial charge in [0.2, 0.25) is 6.33 Å². The molecule has 0 aliphatic rings. The number of H-pyrrole nitrogens is 1. The van der Waals surface area contributed by atoms with Gasteiger partial charge in [-0.15, -0.1) is 0 Å². The number of nitrogens with one attached hydrogen (secondary N) is 1. The van der Waals surface area contributed by atoms with Crippen molar-refractivity contribution in [3.8, 4) is 0 Å². The Labute approximate surface area is 71.0 Å². The molecule has 0 atom stereocenters. The molecule has 0 radical (unpaired) electrons. The molecule has 12 heavy (non-hydrogen) atoms. The Morgan fingerprint density at radius 2 is 2.17 bits per heavy atom. The van der Waals surface area contributed by atoms with Crippen molar-refractivity contribution in [1.82, 2.24) is 10.1 Å². The van der Waals surface area contributed by atoms with Crippen LogP contribution in [-0.4, -0.2) is 29.3 Å². The minimum absolute atomic E-state index is 0.604. The SMILES string of the molecule is CC[n+]1cnc[nH]1.CS(=O)(=O)[O-]. The fourth-order valence-electron chi connectivity index (χ4n) is 0.428. The van der Waals surface area contributed by atoms with Crippen LogP contribution in [0, 0.1) is 0 Å². The predicted molar refractivity (Wildman–Crippen MR) is 40.1 cm³/mol. The zero-order valence-corrected chi connectivity index (χ0v) is 7.71. The first kappa shape index (κ1) is 11.1. The summed E-state index contributed by atoms with van der Waals surface area (Å²) in [6.45, 7) is 3.01. The average molecular weight is 193 g/mol. The first-order chi connectivity index (χ1) is 5.43. The van der Waals surface area contributed by atoms with Crippen LogP contribution in [0.5, 0.6) is 0 Å². The standard InChI is InChI=1S/C4H7N3.CH4O3S/c1-2-7-4-5-3-6-7;1-5(2,3)4/h3-4H,2H2,1H3;1H3,(H,2,3,4). The Hall–Kier alpha value is -0.950. The first-order valence-corrected chi connectivity index (χ1v) is 5.03. The molecule has 0 fully saturated rings. The maximum atomic E-state index is 9.08. The van der Waals surface area contributed by atoms with E-state index in [0.29, 0.717) is 6.26 Å². The third-order valence-electron chi connectivity index (χ3n) is 0.845. The monoisotopic (exact) mass is 193 g/mol. The van der Waals surface area contributed by atoms with Gasteiger partial charge in [-0.05, 0) is 11.9 Å². The second-order valence-electron chi connectivity index (χ2n) is 2.01. The zero-order chi connectivity index (χ0) is 9.61. The lowest BCUT2D eigenvalue weighted by molar-refractivity contribution is -0.748. The molecule has 0 aromatic carbocycles. The maximum Gasteiger partial charge on any atom is 0.306 e. The van der Waals surface area contributed by atoms with Gasteiger partial charge in [-0.2, -0.15) is 9.78 Å². The van der Waals surface area contributed by atoms with Gasteiger partial charge in [-0.3, -0.25) is 0 Å². The molecule has 1 aromatic heterocycles. The highest BCUT2D eigenvalue weighted by molar-refractivity contribution is 7.84. The van der Waals surface area contributed by atoms with E-state index in [1.165, 1.54) is 0 Å². The van der Waals surface area contributed by atoms with Crippen LogP contribution in [0.1, 0.15) is 6.92 Å². The molecule has 0 aliphatic carbocycles. The highest BCUT2D eigenvalue weighted by Crippen LogP contribution is 1.60. The summed E-state index contributed by atoms with van der Waals surface area (Å²) < 4.78 is 29.1. The fraction of sp³-hybridized carbons (Fsp3) is 0.600. The summed E-state index contributed by atoms with van der Waals surface area (Å²) in [4.78, 5) is 3.80. The van der Waals surface area contributed by atoms with Gasteiger partial charge >= 0.3 is 6.33 Å². The quantitative estimate of drug-likeness (QED) is 0.452. The van der Waals surface area contributed by atoms with E-state index >= 15 is 0 Å². The van der Waals surface area contributed by atoms with E-state index in [9.17, 15) is 0 Å². The molecule has 0 saturated heterocycles. The van der Waals surface area contributed by atoms with Crippen LogP contribution in [0.15, 0.2) is 12.7 Å². The maximum absolute atomic E-state index is 9.08. The summed E-state index contributed by atoms with van der Waals surface area (Å²) in [6.07, 6.45) is 4.01. The van der Waals surface area contributed by atoms with Gasteiger partial charge in [0.05, 0.1) is 10.1 Å². The van der Waals surface area contributed by atoms with Gasteiger partial charge in [-0.1, -0.05) is 0 Å². The van der Waals surface area contributed by atoms with Crippen LogP contribution in [0.3, 0.4) is 0 Å². The molecule has 1 rings (SSSR count).